The van der Waals surface area contributed by atoms with Gasteiger partial charge in [0.05, 0.1) is 0 Å². The molecule has 0 heterocycles. The molecule has 0 saturated heterocycles. The molecule has 1 atom stereocenters. The summed E-state index contributed by atoms with van der Waals surface area (Å²) in [5, 5.41) is 0. The van der Waals surface area contributed by atoms with Crippen LogP contribution < -0.4 is 0 Å². The Balaban J connectivity index is 4.51. The third-order valence-electron chi connectivity index (χ3n) is 13.6. The molecular weight excluding hydrogens is 985 g/mol. The molecule has 0 fully saturated rings. The minimum atomic E-state index is -0.831. The van der Waals surface area contributed by atoms with Gasteiger partial charge in [-0.2, -0.15) is 0 Å². The molecule has 0 bridgehead atoms. The molecule has 1 unspecified atom stereocenters. The molecule has 6 nitrogen and oxygen atoms in total. The molecule has 0 amide bonds. The Morgan fingerprint density at radius 3 is 0.812 bits per heavy atom. The molecule has 0 rings (SSSR count). The minimum absolute atomic E-state index is 0.116. The van der Waals surface area contributed by atoms with Gasteiger partial charge in [-0.15, -0.1) is 0 Å². The van der Waals surface area contributed by atoms with Crippen molar-refractivity contribution in [1.82, 2.24) is 0 Å². The summed E-state index contributed by atoms with van der Waals surface area (Å²) < 4.78 is 16.9. The number of carbonyl (C=O) groups excluding carboxylic acids is 3. The van der Waals surface area contributed by atoms with Crippen molar-refractivity contribution < 1.29 is 28.6 Å². The second-order valence-electron chi connectivity index (χ2n) is 21.3. The lowest BCUT2D eigenvalue weighted by atomic mass is 10.0. The average molecular weight is 1110 g/mol. The van der Waals surface area contributed by atoms with Gasteiger partial charge in [-0.25, -0.2) is 0 Å². The lowest BCUT2D eigenvalue weighted by Gasteiger charge is -2.18. The van der Waals surface area contributed by atoms with Crippen molar-refractivity contribution in [2.45, 2.75) is 290 Å². The molecule has 0 spiro atoms. The molecular formula is C74H120O6. The zero-order valence-corrected chi connectivity index (χ0v) is 51.8. The summed E-state index contributed by atoms with van der Waals surface area (Å²) >= 11 is 0. The highest BCUT2D eigenvalue weighted by molar-refractivity contribution is 5.71. The van der Waals surface area contributed by atoms with Crippen LogP contribution in [-0.2, 0) is 28.6 Å². The van der Waals surface area contributed by atoms with Gasteiger partial charge in [0.25, 0.3) is 0 Å². The largest absolute Gasteiger partial charge is 0.462 e. The molecule has 0 radical (unpaired) electrons. The topological polar surface area (TPSA) is 78.9 Å². The molecule has 0 aliphatic carbocycles. The Bertz CT molecular complexity index is 1750. The van der Waals surface area contributed by atoms with Crippen molar-refractivity contribution in [2.24, 2.45) is 0 Å². The molecule has 0 aromatic heterocycles. The van der Waals surface area contributed by atoms with Crippen LogP contribution in [0, 0.1) is 0 Å². The third kappa shape index (κ3) is 64.1. The molecule has 0 aromatic rings. The van der Waals surface area contributed by atoms with Crippen LogP contribution in [0.25, 0.3) is 0 Å². The van der Waals surface area contributed by atoms with Gasteiger partial charge in [0, 0.05) is 19.3 Å². The first kappa shape index (κ1) is 75.3. The zero-order valence-electron chi connectivity index (χ0n) is 51.8. The van der Waals surface area contributed by atoms with Crippen molar-refractivity contribution in [3.8, 4) is 0 Å². The summed E-state index contributed by atoms with van der Waals surface area (Å²) in [6.45, 7) is 6.36. The summed E-state index contributed by atoms with van der Waals surface area (Å²) in [6, 6.07) is 0. The third-order valence-corrected chi connectivity index (χ3v) is 13.6. The van der Waals surface area contributed by atoms with Crippen molar-refractivity contribution in [3.63, 3.8) is 0 Å². The standard InChI is InChI=1S/C74H120O6/c1-4-7-10-13-16-19-22-25-28-31-34-35-36-37-38-39-41-43-46-49-52-55-58-61-64-67-73(76)79-70-71(69-78-72(75)66-63-60-57-54-51-48-45-42-33-30-27-24-21-18-15-12-9-6-3)80-74(77)68-65-62-59-56-53-50-47-44-40-32-29-26-23-20-17-14-11-8-5-2/h7-8,10-11,16-17,19-20,25-26,28-29,34-35,37-38,40-41,43-44,50,53,59,62,71H,4-6,9,12-15,18,21-24,27,30-33,36,39,42,45-49,51-52,54-58,60-61,63-70H2,1-3H3/b10-7-,11-8-,19-16-,20-17-,28-25-,29-26-,35-34-,38-37-,43-41-,44-40-,53-50-,62-59-. The van der Waals surface area contributed by atoms with E-state index in [4.69, 9.17) is 14.2 Å². The Morgan fingerprint density at radius 1 is 0.263 bits per heavy atom. The van der Waals surface area contributed by atoms with Crippen LogP contribution in [0.2, 0.25) is 0 Å². The smallest absolute Gasteiger partial charge is 0.306 e. The average Bonchev–Trinajstić information content (AvgIpc) is 3.46. The first-order valence-electron chi connectivity index (χ1n) is 32.8. The summed E-state index contributed by atoms with van der Waals surface area (Å²) in [5.74, 6) is -1.01. The van der Waals surface area contributed by atoms with Crippen molar-refractivity contribution in [3.05, 3.63) is 146 Å². The van der Waals surface area contributed by atoms with E-state index in [2.05, 4.69) is 161 Å². The number of hydrogen-bond acceptors (Lipinski definition) is 6. The van der Waals surface area contributed by atoms with E-state index < -0.39 is 12.1 Å². The van der Waals surface area contributed by atoms with Crippen LogP contribution in [0.5, 0.6) is 0 Å². The van der Waals surface area contributed by atoms with Gasteiger partial charge in [-0.3, -0.25) is 14.4 Å². The Hall–Kier alpha value is -4.71. The van der Waals surface area contributed by atoms with E-state index in [9.17, 15) is 14.4 Å². The molecule has 0 aliphatic heterocycles. The maximum Gasteiger partial charge on any atom is 0.306 e. The Kier molecular flexibility index (Phi) is 62.9. The number of unbranched alkanes of at least 4 members (excludes halogenated alkanes) is 23. The van der Waals surface area contributed by atoms with Crippen LogP contribution in [-0.4, -0.2) is 37.2 Å². The lowest BCUT2D eigenvalue weighted by molar-refractivity contribution is -0.166. The Morgan fingerprint density at radius 2 is 0.512 bits per heavy atom. The highest BCUT2D eigenvalue weighted by Gasteiger charge is 2.19. The quantitative estimate of drug-likeness (QED) is 0.0261. The SMILES string of the molecule is CC/C=C\C/C=C\C/C=C\C/C=C\C/C=C\C/C=C\CCCCCCCCC(=O)OCC(COC(=O)CCCCCCCCCCCCCCCCCCCC)OC(=O)CC/C=C\C/C=C\C/C=C\C/C=C\C/C=C\C/C=C\CC. The normalized spacial score (nSPS) is 13.1. The van der Waals surface area contributed by atoms with Gasteiger partial charge in [-0.05, 0) is 109 Å². The van der Waals surface area contributed by atoms with E-state index in [0.29, 0.717) is 19.3 Å². The molecule has 0 N–H and O–H groups in total. The predicted octanol–water partition coefficient (Wildman–Crippen LogP) is 22.7. The fourth-order valence-corrected chi connectivity index (χ4v) is 8.77. The second kappa shape index (κ2) is 66.8. The number of esters is 3. The first-order chi connectivity index (χ1) is 39.5. The van der Waals surface area contributed by atoms with E-state index in [1.807, 2.05) is 6.08 Å². The van der Waals surface area contributed by atoms with E-state index in [1.54, 1.807) is 0 Å². The molecule has 0 aliphatic rings. The van der Waals surface area contributed by atoms with Gasteiger partial charge >= 0.3 is 17.9 Å². The van der Waals surface area contributed by atoms with Gasteiger partial charge in [0.2, 0.25) is 0 Å². The minimum Gasteiger partial charge on any atom is -0.462 e. The highest BCUT2D eigenvalue weighted by atomic mass is 16.6. The number of allylic oxidation sites excluding steroid dienone is 24. The predicted molar refractivity (Wildman–Crippen MR) is 348 cm³/mol. The monoisotopic (exact) mass is 1100 g/mol. The molecule has 80 heavy (non-hydrogen) atoms. The summed E-state index contributed by atoms with van der Waals surface area (Å²) in [7, 11) is 0. The second-order valence-corrected chi connectivity index (χ2v) is 21.3. The van der Waals surface area contributed by atoms with E-state index in [-0.39, 0.29) is 31.6 Å². The molecule has 0 aromatic carbocycles. The van der Waals surface area contributed by atoms with Crippen LogP contribution >= 0.6 is 0 Å². The lowest BCUT2D eigenvalue weighted by Crippen LogP contribution is -2.30. The van der Waals surface area contributed by atoms with Crippen LogP contribution in [0.1, 0.15) is 284 Å². The fraction of sp³-hybridized carbons (Fsp3) is 0.635. The summed E-state index contributed by atoms with van der Waals surface area (Å²) in [5.41, 5.74) is 0. The van der Waals surface area contributed by atoms with Crippen LogP contribution in [0.4, 0.5) is 0 Å². The molecule has 0 saturated carbocycles. The van der Waals surface area contributed by atoms with E-state index >= 15 is 0 Å². The maximum absolute atomic E-state index is 12.9. The first-order valence-corrected chi connectivity index (χ1v) is 32.8. The van der Waals surface area contributed by atoms with E-state index in [0.717, 1.165) is 128 Å². The number of rotatable bonds is 58. The number of hydrogen-bond donors (Lipinski definition) is 0. The van der Waals surface area contributed by atoms with Crippen molar-refractivity contribution in [2.75, 3.05) is 13.2 Å². The van der Waals surface area contributed by atoms with Crippen LogP contribution in [0.3, 0.4) is 0 Å². The van der Waals surface area contributed by atoms with Crippen LogP contribution in [0.15, 0.2) is 146 Å². The maximum atomic E-state index is 12.9. The zero-order chi connectivity index (χ0) is 57.8. The molecule has 452 valence electrons. The van der Waals surface area contributed by atoms with Crippen molar-refractivity contribution in [1.29, 1.82) is 0 Å². The van der Waals surface area contributed by atoms with Gasteiger partial charge < -0.3 is 14.2 Å². The van der Waals surface area contributed by atoms with Gasteiger partial charge in [0.15, 0.2) is 6.10 Å². The fourth-order valence-electron chi connectivity index (χ4n) is 8.77. The van der Waals surface area contributed by atoms with Gasteiger partial charge in [0.1, 0.15) is 13.2 Å². The number of ether oxygens (including phenoxy) is 3. The molecule has 6 heteroatoms. The van der Waals surface area contributed by atoms with E-state index in [1.165, 1.54) is 109 Å². The summed E-state index contributed by atoms with van der Waals surface area (Å²) in [4.78, 5) is 38.4. The van der Waals surface area contributed by atoms with Crippen molar-refractivity contribution >= 4 is 17.9 Å². The van der Waals surface area contributed by atoms with Gasteiger partial charge in [-0.1, -0.05) is 301 Å². The number of carbonyl (C=O) groups is 3. The summed E-state index contributed by atoms with van der Waals surface area (Å²) in [6.07, 6.45) is 95.8. The Labute approximate surface area is 493 Å². The highest BCUT2D eigenvalue weighted by Crippen LogP contribution is 2.16.